The molecule has 4 heteroatoms. The molecule has 0 amide bonds. The molecule has 2 rings (SSSR count). The second-order valence-electron chi connectivity index (χ2n) is 6.45. The van der Waals surface area contributed by atoms with E-state index in [0.717, 1.165) is 18.4 Å². The minimum atomic E-state index is -3.25. The predicted octanol–water partition coefficient (Wildman–Crippen LogP) is 4.51. The molecule has 0 aromatic heterocycles. The van der Waals surface area contributed by atoms with Gasteiger partial charge < -0.3 is 0 Å². The first-order chi connectivity index (χ1) is 10.6. The Morgan fingerprint density at radius 2 is 1.59 bits per heavy atom. The fraction of sp³-hybridized carbons (Fsp3) is 0.667. The van der Waals surface area contributed by atoms with Crippen molar-refractivity contribution < 1.29 is 8.42 Å². The molecule has 0 aliphatic carbocycles. The molecule has 0 spiro atoms. The molecule has 1 aliphatic heterocycles. The average molecular weight is 324 g/mol. The van der Waals surface area contributed by atoms with E-state index in [0.29, 0.717) is 11.4 Å². The standard InChI is InChI=1S/C18H29NO2S/c1-3-4-5-6-7-8-9-10-17-15-19(17)22(20,21)18-13-11-16(2)12-14-18/h11-14,17H,3-10,15H2,1-2H3. The van der Waals surface area contributed by atoms with Crippen molar-refractivity contribution in [1.82, 2.24) is 4.31 Å². The molecule has 3 nitrogen and oxygen atoms in total. The third-order valence-corrected chi connectivity index (χ3v) is 6.37. The van der Waals surface area contributed by atoms with Crippen LogP contribution in [0.25, 0.3) is 0 Å². The van der Waals surface area contributed by atoms with E-state index in [1.54, 1.807) is 16.4 Å². The van der Waals surface area contributed by atoms with E-state index in [1.807, 2.05) is 19.1 Å². The van der Waals surface area contributed by atoms with E-state index in [1.165, 1.54) is 38.5 Å². The zero-order chi connectivity index (χ0) is 16.0. The number of aryl methyl sites for hydroxylation is 1. The Kier molecular flexibility index (Phi) is 6.45. The first-order valence-electron chi connectivity index (χ1n) is 8.64. The van der Waals surface area contributed by atoms with Crippen molar-refractivity contribution in [1.29, 1.82) is 0 Å². The van der Waals surface area contributed by atoms with Crippen molar-refractivity contribution in [3.05, 3.63) is 29.8 Å². The van der Waals surface area contributed by atoms with Gasteiger partial charge in [-0.2, -0.15) is 4.31 Å². The van der Waals surface area contributed by atoms with Gasteiger partial charge in [-0.25, -0.2) is 8.42 Å². The number of hydrogen-bond donors (Lipinski definition) is 0. The van der Waals surface area contributed by atoms with E-state index in [4.69, 9.17) is 0 Å². The molecule has 0 N–H and O–H groups in total. The van der Waals surface area contributed by atoms with Gasteiger partial charge in [0.1, 0.15) is 0 Å². The van der Waals surface area contributed by atoms with Gasteiger partial charge in [-0.05, 0) is 25.5 Å². The van der Waals surface area contributed by atoms with Gasteiger partial charge in [0.15, 0.2) is 0 Å². The maximum atomic E-state index is 12.4. The summed E-state index contributed by atoms with van der Waals surface area (Å²) in [6.07, 6.45) is 9.97. The number of unbranched alkanes of at least 4 members (excludes halogenated alkanes) is 6. The summed E-state index contributed by atoms with van der Waals surface area (Å²) in [6.45, 7) is 4.90. The van der Waals surface area contributed by atoms with E-state index in [9.17, 15) is 8.42 Å². The van der Waals surface area contributed by atoms with E-state index in [-0.39, 0.29) is 6.04 Å². The highest BCUT2D eigenvalue weighted by Crippen LogP contribution is 2.31. The second kappa shape index (κ2) is 8.11. The third-order valence-electron chi connectivity index (χ3n) is 4.43. The molecule has 2 atom stereocenters. The average Bonchev–Trinajstić information content (AvgIpc) is 3.27. The quantitative estimate of drug-likeness (QED) is 0.469. The molecule has 1 aliphatic rings. The summed E-state index contributed by atoms with van der Waals surface area (Å²) in [6, 6.07) is 7.40. The van der Waals surface area contributed by atoms with Gasteiger partial charge >= 0.3 is 0 Å². The molecule has 0 bridgehead atoms. The van der Waals surface area contributed by atoms with E-state index < -0.39 is 10.0 Å². The first kappa shape index (κ1) is 17.5. The Hall–Kier alpha value is -0.870. The molecule has 2 unspecified atom stereocenters. The molecule has 22 heavy (non-hydrogen) atoms. The molecule has 1 heterocycles. The highest BCUT2D eigenvalue weighted by molar-refractivity contribution is 7.89. The highest BCUT2D eigenvalue weighted by atomic mass is 32.2. The monoisotopic (exact) mass is 323 g/mol. The molecule has 124 valence electrons. The largest absolute Gasteiger partial charge is 0.243 e. The van der Waals surface area contributed by atoms with Crippen LogP contribution in [0.4, 0.5) is 0 Å². The van der Waals surface area contributed by atoms with Crippen LogP contribution in [0, 0.1) is 6.92 Å². The number of hydrogen-bond acceptors (Lipinski definition) is 2. The summed E-state index contributed by atoms with van der Waals surface area (Å²) in [5.41, 5.74) is 1.09. The Bertz CT molecular complexity index is 551. The molecule has 0 saturated carbocycles. The third kappa shape index (κ3) is 4.82. The Balaban J connectivity index is 1.69. The minimum absolute atomic E-state index is 0.238. The lowest BCUT2D eigenvalue weighted by atomic mass is 10.1. The van der Waals surface area contributed by atoms with Crippen LogP contribution in [0.5, 0.6) is 0 Å². The van der Waals surface area contributed by atoms with Crippen LogP contribution in [0.15, 0.2) is 29.2 Å². The fourth-order valence-corrected chi connectivity index (χ4v) is 4.49. The van der Waals surface area contributed by atoms with Crippen LogP contribution in [-0.2, 0) is 10.0 Å². The lowest BCUT2D eigenvalue weighted by molar-refractivity contribution is 0.531. The van der Waals surface area contributed by atoms with Crippen molar-refractivity contribution in [3.63, 3.8) is 0 Å². The van der Waals surface area contributed by atoms with Crippen LogP contribution in [0.3, 0.4) is 0 Å². The molecular formula is C18H29NO2S. The topological polar surface area (TPSA) is 37.1 Å². The van der Waals surface area contributed by atoms with Crippen molar-refractivity contribution in [2.75, 3.05) is 6.54 Å². The van der Waals surface area contributed by atoms with Gasteiger partial charge in [0.25, 0.3) is 0 Å². The zero-order valence-corrected chi connectivity index (χ0v) is 14.7. The summed E-state index contributed by atoms with van der Waals surface area (Å²) in [4.78, 5) is 0.431. The molecule has 1 fully saturated rings. The van der Waals surface area contributed by atoms with Crippen molar-refractivity contribution in [3.8, 4) is 0 Å². The Morgan fingerprint density at radius 1 is 1.00 bits per heavy atom. The smallest absolute Gasteiger partial charge is 0.207 e. The summed E-state index contributed by atoms with van der Waals surface area (Å²) in [5, 5.41) is 0. The fourth-order valence-electron chi connectivity index (χ4n) is 2.87. The summed E-state index contributed by atoms with van der Waals surface area (Å²) in [7, 11) is -3.25. The normalized spacial score (nSPS) is 21.0. The highest BCUT2D eigenvalue weighted by Gasteiger charge is 2.43. The van der Waals surface area contributed by atoms with Crippen LogP contribution in [-0.4, -0.2) is 25.3 Å². The van der Waals surface area contributed by atoms with Crippen molar-refractivity contribution >= 4 is 10.0 Å². The lowest BCUT2D eigenvalue weighted by Gasteiger charge is -2.07. The van der Waals surface area contributed by atoms with Gasteiger partial charge in [0.05, 0.1) is 4.90 Å². The van der Waals surface area contributed by atoms with Gasteiger partial charge in [-0.3, -0.25) is 0 Å². The van der Waals surface area contributed by atoms with Gasteiger partial charge in [0.2, 0.25) is 10.0 Å². The maximum Gasteiger partial charge on any atom is 0.243 e. The Morgan fingerprint density at radius 3 is 2.23 bits per heavy atom. The second-order valence-corrected chi connectivity index (χ2v) is 8.34. The first-order valence-corrected chi connectivity index (χ1v) is 10.1. The maximum absolute atomic E-state index is 12.4. The summed E-state index contributed by atoms with van der Waals surface area (Å²) in [5.74, 6) is 0. The predicted molar refractivity (Wildman–Crippen MR) is 91.5 cm³/mol. The molecule has 1 aromatic carbocycles. The molecule has 0 radical (unpaired) electrons. The number of rotatable bonds is 10. The molecular weight excluding hydrogens is 294 g/mol. The molecule has 1 saturated heterocycles. The van der Waals surface area contributed by atoms with Crippen LogP contribution >= 0.6 is 0 Å². The zero-order valence-electron chi connectivity index (χ0n) is 13.9. The van der Waals surface area contributed by atoms with Crippen LogP contribution in [0.2, 0.25) is 0 Å². The summed E-state index contributed by atoms with van der Waals surface area (Å²) < 4.78 is 26.5. The van der Waals surface area contributed by atoms with Gasteiger partial charge in [0, 0.05) is 12.6 Å². The number of sulfonamides is 1. The Labute approximate surface area is 135 Å². The number of benzene rings is 1. The van der Waals surface area contributed by atoms with Crippen molar-refractivity contribution in [2.45, 2.75) is 76.2 Å². The summed E-state index contributed by atoms with van der Waals surface area (Å²) >= 11 is 0. The van der Waals surface area contributed by atoms with E-state index in [2.05, 4.69) is 6.92 Å². The van der Waals surface area contributed by atoms with Crippen LogP contribution < -0.4 is 0 Å². The van der Waals surface area contributed by atoms with Crippen LogP contribution in [0.1, 0.15) is 63.9 Å². The van der Waals surface area contributed by atoms with Gasteiger partial charge in [-0.1, -0.05) is 69.6 Å². The lowest BCUT2D eigenvalue weighted by Crippen LogP contribution is -2.14. The number of nitrogens with zero attached hydrogens (tertiary/aromatic N) is 1. The van der Waals surface area contributed by atoms with Crippen molar-refractivity contribution in [2.24, 2.45) is 0 Å². The van der Waals surface area contributed by atoms with Gasteiger partial charge in [-0.15, -0.1) is 0 Å². The molecule has 1 aromatic rings. The van der Waals surface area contributed by atoms with E-state index >= 15 is 0 Å². The SMILES string of the molecule is CCCCCCCCCC1CN1S(=O)(=O)c1ccc(C)cc1. The minimum Gasteiger partial charge on any atom is -0.207 e.